The molecule has 0 aliphatic heterocycles. The number of hydrogen-bond donors (Lipinski definition) is 3. The molecule has 0 aromatic heterocycles. The lowest BCUT2D eigenvalue weighted by atomic mass is 10.1. The molecule has 1 aromatic rings. The van der Waals surface area contributed by atoms with Gasteiger partial charge in [-0.15, -0.1) is 0 Å². The number of benzene rings is 1. The number of esters is 1. The van der Waals surface area contributed by atoms with Crippen LogP contribution >= 0.6 is 0 Å². The summed E-state index contributed by atoms with van der Waals surface area (Å²) in [6.45, 7) is 6.11. The van der Waals surface area contributed by atoms with Crippen molar-refractivity contribution in [2.45, 2.75) is 103 Å². The van der Waals surface area contributed by atoms with Gasteiger partial charge >= 0.3 is 17.9 Å². The number of amides is 1. The summed E-state index contributed by atoms with van der Waals surface area (Å²) in [6, 6.07) is 5.80. The molecule has 9 heteroatoms. The highest BCUT2D eigenvalue weighted by Gasteiger charge is 2.20. The molecule has 36 heavy (non-hydrogen) atoms. The van der Waals surface area contributed by atoms with Crippen LogP contribution in [0.25, 0.3) is 0 Å². The Hall–Kier alpha value is -3.10. The van der Waals surface area contributed by atoms with Gasteiger partial charge in [-0.05, 0) is 64.3 Å². The topological polar surface area (TPSA) is 139 Å². The Morgan fingerprint density at radius 3 is 1.92 bits per heavy atom. The molecular weight excluding hydrogens is 466 g/mol. The maximum atomic E-state index is 12.0. The first-order valence-electron chi connectivity index (χ1n) is 12.7. The summed E-state index contributed by atoms with van der Waals surface area (Å²) in [6.07, 6.45) is 7.69. The summed E-state index contributed by atoms with van der Waals surface area (Å²) in [5.74, 6) is -2.28. The Bertz CT molecular complexity index is 829. The van der Waals surface area contributed by atoms with Crippen molar-refractivity contribution < 1.29 is 38.9 Å². The molecule has 0 aliphatic rings. The number of rotatable bonds is 18. The first-order valence-corrected chi connectivity index (χ1v) is 12.7. The van der Waals surface area contributed by atoms with E-state index < -0.39 is 23.6 Å². The number of nitrogens with one attached hydrogen (secondary N) is 1. The first kappa shape index (κ1) is 30.9. The van der Waals surface area contributed by atoms with Crippen LogP contribution < -0.4 is 10.1 Å². The van der Waals surface area contributed by atoms with Crippen molar-refractivity contribution in [1.29, 1.82) is 0 Å². The molecule has 1 rings (SSSR count). The van der Waals surface area contributed by atoms with E-state index in [9.17, 15) is 19.2 Å². The summed E-state index contributed by atoms with van der Waals surface area (Å²) in [5.41, 5.74) is -0.0277. The third kappa shape index (κ3) is 15.0. The zero-order chi connectivity index (χ0) is 27.0. The minimum absolute atomic E-state index is 0.123. The van der Waals surface area contributed by atoms with Gasteiger partial charge in [-0.3, -0.25) is 9.59 Å². The van der Waals surface area contributed by atoms with Crippen molar-refractivity contribution in [3.63, 3.8) is 0 Å². The molecular formula is C27H41NO8. The number of carboxylic acids is 2. The maximum absolute atomic E-state index is 12.0. The van der Waals surface area contributed by atoms with Gasteiger partial charge in [0, 0.05) is 12.8 Å². The molecule has 0 fully saturated rings. The van der Waals surface area contributed by atoms with E-state index in [0.29, 0.717) is 18.6 Å². The molecule has 3 N–H and O–H groups in total. The lowest BCUT2D eigenvalue weighted by Crippen LogP contribution is -2.41. The third-order valence-corrected chi connectivity index (χ3v) is 5.34. The third-order valence-electron chi connectivity index (χ3n) is 5.34. The smallest absolute Gasteiger partial charge is 0.338 e. The molecule has 0 unspecified atom stereocenters. The molecule has 1 atom stereocenters. The molecule has 0 spiro atoms. The van der Waals surface area contributed by atoms with Crippen LogP contribution in [-0.2, 0) is 19.1 Å². The van der Waals surface area contributed by atoms with Crippen molar-refractivity contribution in [3.05, 3.63) is 29.8 Å². The Kier molecular flexibility index (Phi) is 14.2. The fourth-order valence-electron chi connectivity index (χ4n) is 3.45. The molecule has 0 bridgehead atoms. The van der Waals surface area contributed by atoms with Crippen LogP contribution in [0.3, 0.4) is 0 Å². The first-order chi connectivity index (χ1) is 17.0. The average molecular weight is 508 g/mol. The fourth-order valence-corrected chi connectivity index (χ4v) is 3.45. The summed E-state index contributed by atoms with van der Waals surface area (Å²) in [5, 5.41) is 20.1. The zero-order valence-electron chi connectivity index (χ0n) is 21.7. The number of aliphatic carboxylic acids is 2. The number of hydrogen-bond acceptors (Lipinski definition) is 6. The number of ether oxygens (including phenoxy) is 2. The zero-order valence-corrected chi connectivity index (χ0v) is 21.7. The van der Waals surface area contributed by atoms with Crippen molar-refractivity contribution in [2.75, 3.05) is 6.61 Å². The van der Waals surface area contributed by atoms with Gasteiger partial charge in [-0.1, -0.05) is 38.5 Å². The Balaban J connectivity index is 2.05. The van der Waals surface area contributed by atoms with E-state index in [1.165, 1.54) is 0 Å². The number of unbranched alkanes of at least 4 members (excludes halogenated alkanes) is 7. The van der Waals surface area contributed by atoms with Crippen LogP contribution in [0.5, 0.6) is 5.75 Å². The van der Waals surface area contributed by atoms with Gasteiger partial charge in [0.1, 0.15) is 17.4 Å². The van der Waals surface area contributed by atoms with Crippen molar-refractivity contribution >= 4 is 23.8 Å². The Morgan fingerprint density at radius 1 is 0.833 bits per heavy atom. The minimum atomic E-state index is -1.22. The number of carboxylic acid groups (broad SMARTS) is 2. The van der Waals surface area contributed by atoms with E-state index in [4.69, 9.17) is 19.7 Å². The van der Waals surface area contributed by atoms with Crippen LogP contribution in [0.4, 0.5) is 0 Å². The number of carbonyl (C=O) groups is 4. The van der Waals surface area contributed by atoms with Gasteiger partial charge in [0.2, 0.25) is 5.91 Å². The summed E-state index contributed by atoms with van der Waals surface area (Å²) in [4.78, 5) is 45.6. The van der Waals surface area contributed by atoms with Crippen LogP contribution in [0.15, 0.2) is 24.3 Å². The Morgan fingerprint density at radius 2 is 1.39 bits per heavy atom. The molecule has 0 saturated carbocycles. The van der Waals surface area contributed by atoms with E-state index in [-0.39, 0.29) is 31.1 Å². The van der Waals surface area contributed by atoms with Gasteiger partial charge in [0.25, 0.3) is 0 Å². The largest absolute Gasteiger partial charge is 0.494 e. The van der Waals surface area contributed by atoms with E-state index in [1.54, 1.807) is 24.3 Å². The molecule has 0 saturated heterocycles. The molecule has 1 aromatic carbocycles. The van der Waals surface area contributed by atoms with E-state index in [2.05, 4.69) is 5.32 Å². The highest BCUT2D eigenvalue weighted by molar-refractivity contribution is 5.89. The quantitative estimate of drug-likeness (QED) is 0.187. The van der Waals surface area contributed by atoms with Gasteiger partial charge in [0.15, 0.2) is 0 Å². The van der Waals surface area contributed by atoms with Gasteiger partial charge in [-0.2, -0.15) is 0 Å². The summed E-state index contributed by atoms with van der Waals surface area (Å²) < 4.78 is 11.1. The van der Waals surface area contributed by atoms with E-state index in [1.807, 2.05) is 20.8 Å². The van der Waals surface area contributed by atoms with Gasteiger partial charge in [0.05, 0.1) is 12.2 Å². The lowest BCUT2D eigenvalue weighted by Gasteiger charge is -2.19. The molecule has 1 amide bonds. The van der Waals surface area contributed by atoms with Crippen molar-refractivity contribution in [3.8, 4) is 5.75 Å². The molecule has 0 aliphatic carbocycles. The minimum Gasteiger partial charge on any atom is -0.494 e. The number of carbonyl (C=O) groups excluding carboxylic acids is 2. The van der Waals surface area contributed by atoms with Crippen molar-refractivity contribution in [2.24, 2.45) is 0 Å². The average Bonchev–Trinajstić information content (AvgIpc) is 2.79. The van der Waals surface area contributed by atoms with Crippen LogP contribution in [-0.4, -0.2) is 52.3 Å². The fraction of sp³-hybridized carbons (Fsp3) is 0.630. The second kappa shape index (κ2) is 16.5. The SMILES string of the molecule is CC(C)(C)OC(=O)c1ccc(OCCCCCCCCCCC(=O)N[C@@H](CCC(=O)O)C(=O)O)cc1. The molecule has 0 radical (unpaired) electrons. The van der Waals surface area contributed by atoms with Crippen LogP contribution in [0, 0.1) is 0 Å². The van der Waals surface area contributed by atoms with Crippen LogP contribution in [0.1, 0.15) is 102 Å². The maximum Gasteiger partial charge on any atom is 0.338 e. The second-order valence-electron chi connectivity index (χ2n) is 9.84. The van der Waals surface area contributed by atoms with E-state index in [0.717, 1.165) is 50.7 Å². The normalized spacial score (nSPS) is 12.0. The molecule has 0 heterocycles. The second-order valence-corrected chi connectivity index (χ2v) is 9.84. The predicted octanol–water partition coefficient (Wildman–Crippen LogP) is 4.97. The van der Waals surface area contributed by atoms with Crippen LogP contribution in [0.2, 0.25) is 0 Å². The van der Waals surface area contributed by atoms with E-state index >= 15 is 0 Å². The summed E-state index contributed by atoms with van der Waals surface area (Å²) >= 11 is 0. The van der Waals surface area contributed by atoms with Gasteiger partial charge < -0.3 is 25.0 Å². The monoisotopic (exact) mass is 507 g/mol. The molecule has 202 valence electrons. The lowest BCUT2D eigenvalue weighted by molar-refractivity contribution is -0.143. The Labute approximate surface area is 213 Å². The highest BCUT2D eigenvalue weighted by Crippen LogP contribution is 2.17. The standard InChI is InChI=1S/C27H41NO8/c1-27(2,3)36-26(34)20-13-15-21(16-14-20)35-19-11-9-7-5-4-6-8-10-12-23(29)28-22(25(32)33)17-18-24(30)31/h13-16,22H,4-12,17-19H2,1-3H3,(H,28,29)(H,30,31)(H,32,33)/t22-/m0/s1. The predicted molar refractivity (Wildman–Crippen MR) is 135 cm³/mol. The summed E-state index contributed by atoms with van der Waals surface area (Å²) in [7, 11) is 0. The highest BCUT2D eigenvalue weighted by atomic mass is 16.6. The van der Waals surface area contributed by atoms with Gasteiger partial charge in [-0.25, -0.2) is 9.59 Å². The van der Waals surface area contributed by atoms with Crippen molar-refractivity contribution in [1.82, 2.24) is 5.32 Å². The molecule has 9 nitrogen and oxygen atoms in total.